The van der Waals surface area contributed by atoms with Crippen LogP contribution >= 0.6 is 0 Å². The molecule has 0 bridgehead atoms. The average molecular weight is 335 g/mol. The maximum absolute atomic E-state index is 13.0. The second kappa shape index (κ2) is 7.36. The van der Waals surface area contributed by atoms with Gasteiger partial charge in [-0.1, -0.05) is 6.92 Å². The standard InChI is InChI=1S/C18H29N3O3/c1-6-15-14(11-19-21(15)18(3,4)5)16(22)20-10-8-9-13(12-20)17(23)24-7-2/h11,13H,6-10,12H2,1-5H3/t13-/m1/s1. The third-order valence-corrected chi connectivity index (χ3v) is 4.40. The van der Waals surface area contributed by atoms with Gasteiger partial charge < -0.3 is 9.64 Å². The Bertz CT molecular complexity index is 601. The summed E-state index contributed by atoms with van der Waals surface area (Å²) in [5.74, 6) is -0.446. The zero-order valence-electron chi connectivity index (χ0n) is 15.5. The van der Waals surface area contributed by atoms with Crippen LogP contribution in [-0.4, -0.2) is 46.3 Å². The summed E-state index contributed by atoms with van der Waals surface area (Å²) in [6.07, 6.45) is 4.02. The summed E-state index contributed by atoms with van der Waals surface area (Å²) >= 11 is 0. The van der Waals surface area contributed by atoms with Crippen molar-refractivity contribution in [1.82, 2.24) is 14.7 Å². The molecule has 6 heteroatoms. The molecule has 0 unspecified atom stereocenters. The van der Waals surface area contributed by atoms with Gasteiger partial charge >= 0.3 is 5.97 Å². The quantitative estimate of drug-likeness (QED) is 0.794. The molecule has 134 valence electrons. The number of likely N-dealkylation sites (tertiary alicyclic amines) is 1. The van der Waals surface area contributed by atoms with E-state index in [1.807, 2.05) is 11.6 Å². The lowest BCUT2D eigenvalue weighted by Gasteiger charge is -2.31. The fourth-order valence-corrected chi connectivity index (χ4v) is 3.26. The highest BCUT2D eigenvalue weighted by molar-refractivity contribution is 5.95. The van der Waals surface area contributed by atoms with Crippen molar-refractivity contribution >= 4 is 11.9 Å². The van der Waals surface area contributed by atoms with Crippen LogP contribution in [0, 0.1) is 5.92 Å². The van der Waals surface area contributed by atoms with Gasteiger partial charge in [0, 0.05) is 13.1 Å². The Morgan fingerprint density at radius 2 is 2.04 bits per heavy atom. The van der Waals surface area contributed by atoms with Crippen LogP contribution in [0.5, 0.6) is 0 Å². The van der Waals surface area contributed by atoms with Gasteiger partial charge in [0.25, 0.3) is 5.91 Å². The molecule has 1 amide bonds. The number of hydrogen-bond acceptors (Lipinski definition) is 4. The number of rotatable bonds is 4. The van der Waals surface area contributed by atoms with Gasteiger partial charge in [0.1, 0.15) is 0 Å². The van der Waals surface area contributed by atoms with Crippen molar-refractivity contribution in [3.05, 3.63) is 17.5 Å². The van der Waals surface area contributed by atoms with E-state index in [-0.39, 0.29) is 23.3 Å². The first-order valence-electron chi connectivity index (χ1n) is 8.82. The third kappa shape index (κ3) is 3.79. The van der Waals surface area contributed by atoms with Crippen LogP contribution in [-0.2, 0) is 21.5 Å². The maximum atomic E-state index is 13.0. The van der Waals surface area contributed by atoms with Crippen molar-refractivity contribution in [2.45, 2.75) is 59.4 Å². The van der Waals surface area contributed by atoms with Crippen LogP contribution in [0.2, 0.25) is 0 Å². The van der Waals surface area contributed by atoms with Crippen LogP contribution in [0.4, 0.5) is 0 Å². The number of hydrogen-bond donors (Lipinski definition) is 0. The van der Waals surface area contributed by atoms with E-state index in [2.05, 4.69) is 25.9 Å². The average Bonchev–Trinajstić information content (AvgIpc) is 2.98. The number of carbonyl (C=O) groups is 2. The van der Waals surface area contributed by atoms with Gasteiger partial charge in [-0.25, -0.2) is 0 Å². The molecule has 1 atom stereocenters. The highest BCUT2D eigenvalue weighted by atomic mass is 16.5. The van der Waals surface area contributed by atoms with Gasteiger partial charge in [-0.3, -0.25) is 14.3 Å². The van der Waals surface area contributed by atoms with Crippen molar-refractivity contribution in [1.29, 1.82) is 0 Å². The van der Waals surface area contributed by atoms with E-state index in [0.717, 1.165) is 25.0 Å². The van der Waals surface area contributed by atoms with E-state index >= 15 is 0 Å². The Balaban J connectivity index is 2.20. The minimum atomic E-state index is -0.217. The monoisotopic (exact) mass is 335 g/mol. The SMILES string of the molecule is CCOC(=O)[C@@H]1CCCN(C(=O)c2cnn(C(C)(C)C)c2CC)C1. The minimum Gasteiger partial charge on any atom is -0.466 e. The Hall–Kier alpha value is -1.85. The molecule has 0 saturated carbocycles. The largest absolute Gasteiger partial charge is 0.466 e. The Morgan fingerprint density at radius 1 is 1.33 bits per heavy atom. The lowest BCUT2D eigenvalue weighted by Crippen LogP contribution is -2.43. The van der Waals surface area contributed by atoms with Crippen molar-refractivity contribution in [3.63, 3.8) is 0 Å². The first kappa shape index (κ1) is 18.5. The highest BCUT2D eigenvalue weighted by Gasteiger charge is 2.32. The number of esters is 1. The second-order valence-electron chi connectivity index (χ2n) is 7.28. The maximum Gasteiger partial charge on any atom is 0.310 e. The van der Waals surface area contributed by atoms with Gasteiger partial charge in [0.15, 0.2) is 0 Å². The zero-order chi connectivity index (χ0) is 17.9. The highest BCUT2D eigenvalue weighted by Crippen LogP contribution is 2.24. The first-order valence-corrected chi connectivity index (χ1v) is 8.82. The first-order chi connectivity index (χ1) is 11.3. The molecule has 1 fully saturated rings. The summed E-state index contributed by atoms with van der Waals surface area (Å²) in [6, 6.07) is 0. The topological polar surface area (TPSA) is 64.4 Å². The summed E-state index contributed by atoms with van der Waals surface area (Å²) in [6.45, 7) is 11.6. The fourth-order valence-electron chi connectivity index (χ4n) is 3.26. The molecule has 6 nitrogen and oxygen atoms in total. The van der Waals surface area contributed by atoms with Crippen molar-refractivity contribution in [2.75, 3.05) is 19.7 Å². The van der Waals surface area contributed by atoms with E-state index in [4.69, 9.17) is 4.74 Å². The number of carbonyl (C=O) groups excluding carboxylic acids is 2. The van der Waals surface area contributed by atoms with Gasteiger partial charge in [0.05, 0.1) is 35.5 Å². The van der Waals surface area contributed by atoms with E-state index in [1.165, 1.54) is 0 Å². The number of amides is 1. The predicted octanol–water partition coefficient (Wildman–Crippen LogP) is 2.62. The number of ether oxygens (including phenoxy) is 1. The van der Waals surface area contributed by atoms with Gasteiger partial charge in [-0.05, 0) is 47.0 Å². The van der Waals surface area contributed by atoms with Crippen molar-refractivity contribution in [3.8, 4) is 0 Å². The smallest absolute Gasteiger partial charge is 0.310 e. The van der Waals surface area contributed by atoms with Gasteiger partial charge in [0.2, 0.25) is 0 Å². The molecule has 2 heterocycles. The third-order valence-electron chi connectivity index (χ3n) is 4.40. The van der Waals surface area contributed by atoms with Crippen LogP contribution < -0.4 is 0 Å². The number of aromatic nitrogens is 2. The van der Waals surface area contributed by atoms with Crippen LogP contribution in [0.15, 0.2) is 6.20 Å². The van der Waals surface area contributed by atoms with E-state index in [9.17, 15) is 9.59 Å². The summed E-state index contributed by atoms with van der Waals surface area (Å²) in [5.41, 5.74) is 1.43. The molecule has 0 aromatic carbocycles. The number of piperidine rings is 1. The van der Waals surface area contributed by atoms with E-state index in [1.54, 1.807) is 18.0 Å². The molecule has 1 aliphatic heterocycles. The van der Waals surface area contributed by atoms with E-state index < -0.39 is 0 Å². The van der Waals surface area contributed by atoms with E-state index in [0.29, 0.717) is 25.3 Å². The summed E-state index contributed by atoms with van der Waals surface area (Å²) in [5, 5.41) is 4.44. The molecule has 0 N–H and O–H groups in total. The zero-order valence-corrected chi connectivity index (χ0v) is 15.5. The second-order valence-corrected chi connectivity index (χ2v) is 7.28. The molecule has 24 heavy (non-hydrogen) atoms. The minimum absolute atomic E-state index is 0.0312. The molecule has 0 radical (unpaired) electrons. The molecule has 0 aliphatic carbocycles. The summed E-state index contributed by atoms with van der Waals surface area (Å²) in [7, 11) is 0. The fraction of sp³-hybridized carbons (Fsp3) is 0.722. The molecule has 1 aliphatic rings. The lowest BCUT2D eigenvalue weighted by molar-refractivity contribution is -0.149. The molecule has 0 spiro atoms. The van der Waals surface area contributed by atoms with Crippen LogP contribution in [0.1, 0.15) is 63.5 Å². The van der Waals surface area contributed by atoms with Gasteiger partial charge in [-0.15, -0.1) is 0 Å². The molecule has 2 rings (SSSR count). The summed E-state index contributed by atoms with van der Waals surface area (Å²) in [4.78, 5) is 26.7. The number of nitrogens with zero attached hydrogens (tertiary/aromatic N) is 3. The normalized spacial score (nSPS) is 18.5. The Labute approximate surface area is 144 Å². The molecular weight excluding hydrogens is 306 g/mol. The van der Waals surface area contributed by atoms with Crippen molar-refractivity contribution in [2.24, 2.45) is 5.92 Å². The van der Waals surface area contributed by atoms with Gasteiger partial charge in [-0.2, -0.15) is 5.10 Å². The van der Waals surface area contributed by atoms with Crippen LogP contribution in [0.25, 0.3) is 0 Å². The molecule has 1 saturated heterocycles. The Morgan fingerprint density at radius 3 is 2.62 bits per heavy atom. The molecule has 1 aromatic rings. The molecule has 1 aromatic heterocycles. The Kier molecular flexibility index (Phi) is 5.67. The predicted molar refractivity (Wildman–Crippen MR) is 91.9 cm³/mol. The van der Waals surface area contributed by atoms with Crippen molar-refractivity contribution < 1.29 is 14.3 Å². The van der Waals surface area contributed by atoms with Crippen LogP contribution in [0.3, 0.4) is 0 Å². The molecular formula is C18H29N3O3. The summed E-state index contributed by atoms with van der Waals surface area (Å²) < 4.78 is 7.04. The lowest BCUT2D eigenvalue weighted by atomic mass is 9.97.